The van der Waals surface area contributed by atoms with Gasteiger partial charge in [-0.25, -0.2) is 0 Å². The van der Waals surface area contributed by atoms with Crippen molar-refractivity contribution in [3.8, 4) is 0 Å². The maximum atomic E-state index is 5.78. The van der Waals surface area contributed by atoms with Crippen molar-refractivity contribution in [3.63, 3.8) is 0 Å². The second kappa shape index (κ2) is 6.52. The van der Waals surface area contributed by atoms with Crippen LogP contribution in [0.3, 0.4) is 0 Å². The van der Waals surface area contributed by atoms with Gasteiger partial charge >= 0.3 is 8.80 Å². The number of hydrogen-bond donors (Lipinski definition) is 1. The molecular weight excluding hydrogens is 198 g/mol. The van der Waals surface area contributed by atoms with Crippen LogP contribution in [0.1, 0.15) is 20.3 Å². The van der Waals surface area contributed by atoms with Crippen LogP contribution in [-0.2, 0) is 13.3 Å². The minimum Gasteiger partial charge on any atom is -0.374 e. The van der Waals surface area contributed by atoms with Crippen molar-refractivity contribution in [1.82, 2.24) is 5.32 Å². The van der Waals surface area contributed by atoms with Gasteiger partial charge in [-0.15, -0.1) is 0 Å². The highest BCUT2D eigenvalue weighted by Gasteiger charge is 2.40. The standard InChI is InChI=1S/C9H21NO3Si/c1-3-11-14(12-4-2)9-5-6-10-7-8-13-14/h10H,3-9H2,1-2H3. The smallest absolute Gasteiger partial charge is 0.374 e. The van der Waals surface area contributed by atoms with Crippen molar-refractivity contribution >= 4 is 8.80 Å². The van der Waals surface area contributed by atoms with E-state index >= 15 is 0 Å². The summed E-state index contributed by atoms with van der Waals surface area (Å²) < 4.78 is 17.2. The summed E-state index contributed by atoms with van der Waals surface area (Å²) in [6, 6.07) is 0.932. The van der Waals surface area contributed by atoms with Gasteiger partial charge in [0.15, 0.2) is 0 Å². The first-order valence-electron chi connectivity index (χ1n) is 5.45. The number of hydrogen-bond acceptors (Lipinski definition) is 4. The normalized spacial score (nSPS) is 22.7. The predicted octanol–water partition coefficient (Wildman–Crippen LogP) is 1.01. The van der Waals surface area contributed by atoms with Crippen LogP contribution in [-0.4, -0.2) is 41.7 Å². The molecule has 0 spiro atoms. The Balaban J connectivity index is 2.50. The Bertz CT molecular complexity index is 141. The van der Waals surface area contributed by atoms with Crippen LogP contribution in [0.2, 0.25) is 6.04 Å². The zero-order chi connectivity index (χ0) is 10.3. The highest BCUT2D eigenvalue weighted by atomic mass is 28.4. The maximum Gasteiger partial charge on any atom is 0.501 e. The minimum absolute atomic E-state index is 0.680. The second-order valence-electron chi connectivity index (χ2n) is 3.25. The van der Waals surface area contributed by atoms with E-state index < -0.39 is 8.80 Å². The minimum atomic E-state index is -2.31. The Morgan fingerprint density at radius 2 is 1.93 bits per heavy atom. The van der Waals surface area contributed by atoms with Gasteiger partial charge in [0.2, 0.25) is 0 Å². The molecule has 1 saturated heterocycles. The van der Waals surface area contributed by atoms with Crippen molar-refractivity contribution in [1.29, 1.82) is 0 Å². The zero-order valence-electron chi connectivity index (χ0n) is 9.17. The molecule has 0 aliphatic carbocycles. The molecule has 0 saturated carbocycles. The summed E-state index contributed by atoms with van der Waals surface area (Å²) in [6.07, 6.45) is 1.08. The summed E-state index contributed by atoms with van der Waals surface area (Å²) in [5.74, 6) is 0. The van der Waals surface area contributed by atoms with Crippen LogP contribution in [0.5, 0.6) is 0 Å². The van der Waals surface area contributed by atoms with Gasteiger partial charge in [-0.3, -0.25) is 0 Å². The van der Waals surface area contributed by atoms with E-state index in [9.17, 15) is 0 Å². The molecule has 4 nitrogen and oxygen atoms in total. The fourth-order valence-electron chi connectivity index (χ4n) is 1.61. The molecule has 0 radical (unpaired) electrons. The van der Waals surface area contributed by atoms with Gasteiger partial charge in [-0.05, 0) is 26.8 Å². The van der Waals surface area contributed by atoms with Gasteiger partial charge < -0.3 is 18.6 Å². The van der Waals surface area contributed by atoms with E-state index in [2.05, 4.69) is 5.32 Å². The molecular formula is C9H21NO3Si. The monoisotopic (exact) mass is 219 g/mol. The summed E-state index contributed by atoms with van der Waals surface area (Å²) >= 11 is 0. The Hall–Kier alpha value is 0.0569. The second-order valence-corrected chi connectivity index (χ2v) is 5.98. The van der Waals surface area contributed by atoms with Crippen LogP contribution in [0, 0.1) is 0 Å². The van der Waals surface area contributed by atoms with Crippen LogP contribution >= 0.6 is 0 Å². The predicted molar refractivity (Wildman–Crippen MR) is 57.3 cm³/mol. The Morgan fingerprint density at radius 3 is 2.57 bits per heavy atom. The molecule has 1 aliphatic rings. The molecule has 0 aromatic rings. The lowest BCUT2D eigenvalue weighted by molar-refractivity contribution is 0.0642. The SMILES string of the molecule is CCO[Si]1(OCC)CCCNCCO1. The molecule has 0 bridgehead atoms. The van der Waals surface area contributed by atoms with Crippen molar-refractivity contribution in [3.05, 3.63) is 0 Å². The number of rotatable bonds is 4. The van der Waals surface area contributed by atoms with E-state index in [0.717, 1.165) is 25.6 Å². The fourth-order valence-corrected chi connectivity index (χ4v) is 4.20. The molecule has 1 heterocycles. The average Bonchev–Trinajstić information content (AvgIpc) is 2.12. The molecule has 1 N–H and O–H groups in total. The Labute approximate surface area is 87.3 Å². The lowest BCUT2D eigenvalue weighted by Crippen LogP contribution is -2.49. The molecule has 1 aliphatic heterocycles. The van der Waals surface area contributed by atoms with Gasteiger partial charge in [-0.2, -0.15) is 0 Å². The third-order valence-electron chi connectivity index (χ3n) is 2.17. The summed E-state index contributed by atoms with van der Waals surface area (Å²) in [5.41, 5.74) is 0. The van der Waals surface area contributed by atoms with Crippen molar-refractivity contribution in [2.24, 2.45) is 0 Å². The third-order valence-corrected chi connectivity index (χ3v) is 5.23. The average molecular weight is 219 g/mol. The molecule has 1 rings (SSSR count). The van der Waals surface area contributed by atoms with Crippen LogP contribution in [0.25, 0.3) is 0 Å². The summed E-state index contributed by atoms with van der Waals surface area (Å²) in [6.45, 7) is 7.99. The van der Waals surface area contributed by atoms with E-state index in [1.54, 1.807) is 0 Å². The first-order chi connectivity index (χ1) is 6.83. The summed E-state index contributed by atoms with van der Waals surface area (Å²) in [7, 11) is -2.31. The van der Waals surface area contributed by atoms with Crippen LogP contribution < -0.4 is 5.32 Å². The molecule has 14 heavy (non-hydrogen) atoms. The highest BCUT2D eigenvalue weighted by Crippen LogP contribution is 2.18. The quantitative estimate of drug-likeness (QED) is 0.716. The molecule has 0 aromatic heterocycles. The largest absolute Gasteiger partial charge is 0.501 e. The number of nitrogens with one attached hydrogen (secondary N) is 1. The van der Waals surface area contributed by atoms with Crippen molar-refractivity contribution in [2.45, 2.75) is 26.3 Å². The van der Waals surface area contributed by atoms with Gasteiger partial charge in [0.25, 0.3) is 0 Å². The van der Waals surface area contributed by atoms with Crippen LogP contribution in [0.4, 0.5) is 0 Å². The first-order valence-corrected chi connectivity index (χ1v) is 7.39. The van der Waals surface area contributed by atoms with E-state index in [1.807, 2.05) is 13.8 Å². The van der Waals surface area contributed by atoms with E-state index in [0.29, 0.717) is 19.8 Å². The maximum absolute atomic E-state index is 5.78. The topological polar surface area (TPSA) is 39.7 Å². The van der Waals surface area contributed by atoms with Gasteiger partial charge in [0, 0.05) is 25.8 Å². The molecule has 0 unspecified atom stereocenters. The van der Waals surface area contributed by atoms with E-state index in [4.69, 9.17) is 13.3 Å². The van der Waals surface area contributed by atoms with E-state index in [-0.39, 0.29) is 0 Å². The Kier molecular flexibility index (Phi) is 5.65. The molecule has 0 aromatic carbocycles. The highest BCUT2D eigenvalue weighted by molar-refractivity contribution is 6.60. The van der Waals surface area contributed by atoms with E-state index in [1.165, 1.54) is 0 Å². The summed E-state index contributed by atoms with van der Waals surface area (Å²) in [5, 5.41) is 3.30. The lowest BCUT2D eigenvalue weighted by Gasteiger charge is -2.30. The van der Waals surface area contributed by atoms with Crippen LogP contribution in [0.15, 0.2) is 0 Å². The van der Waals surface area contributed by atoms with Crippen molar-refractivity contribution in [2.75, 3.05) is 32.9 Å². The molecule has 5 heteroatoms. The van der Waals surface area contributed by atoms with Gasteiger partial charge in [0.1, 0.15) is 0 Å². The Morgan fingerprint density at radius 1 is 1.21 bits per heavy atom. The molecule has 0 atom stereocenters. The third kappa shape index (κ3) is 3.66. The lowest BCUT2D eigenvalue weighted by atomic mass is 10.5. The zero-order valence-corrected chi connectivity index (χ0v) is 10.2. The summed E-state index contributed by atoms with van der Waals surface area (Å²) in [4.78, 5) is 0. The first kappa shape index (κ1) is 12.1. The van der Waals surface area contributed by atoms with Crippen molar-refractivity contribution < 1.29 is 13.3 Å². The molecule has 0 amide bonds. The van der Waals surface area contributed by atoms with Gasteiger partial charge in [0.05, 0.1) is 6.61 Å². The van der Waals surface area contributed by atoms with Gasteiger partial charge in [-0.1, -0.05) is 0 Å². The fraction of sp³-hybridized carbons (Fsp3) is 1.00. The molecule has 84 valence electrons. The molecule has 1 fully saturated rings.